The zero-order chi connectivity index (χ0) is 12.3. The highest BCUT2D eigenvalue weighted by molar-refractivity contribution is 5.79. The third kappa shape index (κ3) is 2.66. The summed E-state index contributed by atoms with van der Waals surface area (Å²) in [7, 11) is 0. The third-order valence-corrected chi connectivity index (χ3v) is 2.10. The molecule has 0 fully saturated rings. The zero-order valence-electron chi connectivity index (χ0n) is 9.40. The Labute approximate surface area is 97.8 Å². The smallest absolute Gasteiger partial charge is 0.325 e. The Balaban J connectivity index is 2.07. The number of rotatable bonds is 4. The van der Waals surface area contributed by atoms with E-state index in [-0.39, 0.29) is 18.5 Å². The van der Waals surface area contributed by atoms with Crippen LogP contribution >= 0.6 is 0 Å². The molecule has 0 radical (unpaired) electrons. The number of nitrogen functional groups attached to an aromatic ring is 1. The van der Waals surface area contributed by atoms with E-state index in [4.69, 9.17) is 14.9 Å². The van der Waals surface area contributed by atoms with Crippen molar-refractivity contribution in [2.24, 2.45) is 0 Å². The van der Waals surface area contributed by atoms with Gasteiger partial charge in [0.15, 0.2) is 5.58 Å². The van der Waals surface area contributed by atoms with E-state index in [1.807, 2.05) is 0 Å². The van der Waals surface area contributed by atoms with Crippen molar-refractivity contribution in [3.8, 4) is 0 Å². The molecule has 0 atom stereocenters. The molecule has 6 nitrogen and oxygen atoms in total. The van der Waals surface area contributed by atoms with E-state index in [9.17, 15) is 4.79 Å². The molecule has 0 saturated heterocycles. The quantitative estimate of drug-likeness (QED) is 0.614. The molecular formula is C11H13N3O3. The summed E-state index contributed by atoms with van der Waals surface area (Å²) in [5.41, 5.74) is 7.48. The molecule has 0 unspecified atom stereocenters. The van der Waals surface area contributed by atoms with Gasteiger partial charge in [0.1, 0.15) is 12.1 Å². The van der Waals surface area contributed by atoms with E-state index in [1.54, 1.807) is 25.1 Å². The molecule has 2 rings (SSSR count). The SMILES string of the molecule is CCOC(=O)CNc1nc2ccc(N)cc2o1. The van der Waals surface area contributed by atoms with Crippen LogP contribution in [-0.2, 0) is 9.53 Å². The van der Waals surface area contributed by atoms with E-state index in [0.29, 0.717) is 23.4 Å². The van der Waals surface area contributed by atoms with E-state index >= 15 is 0 Å². The number of nitrogens with two attached hydrogens (primary N) is 1. The molecule has 6 heteroatoms. The topological polar surface area (TPSA) is 90.4 Å². The number of benzene rings is 1. The Morgan fingerprint density at radius 3 is 3.18 bits per heavy atom. The second-order valence-corrected chi connectivity index (χ2v) is 3.40. The van der Waals surface area contributed by atoms with Crippen LogP contribution in [0, 0.1) is 0 Å². The van der Waals surface area contributed by atoms with Crippen LogP contribution in [0.2, 0.25) is 0 Å². The van der Waals surface area contributed by atoms with E-state index in [1.165, 1.54) is 0 Å². The second kappa shape index (κ2) is 4.73. The van der Waals surface area contributed by atoms with Crippen molar-refractivity contribution in [1.82, 2.24) is 4.98 Å². The van der Waals surface area contributed by atoms with Crippen LogP contribution in [0.25, 0.3) is 11.1 Å². The molecule has 0 aliphatic rings. The predicted octanol–water partition coefficient (Wildman–Crippen LogP) is 1.38. The summed E-state index contributed by atoms with van der Waals surface area (Å²) in [4.78, 5) is 15.3. The van der Waals surface area contributed by atoms with Crippen molar-refractivity contribution >= 4 is 28.8 Å². The van der Waals surface area contributed by atoms with Crippen molar-refractivity contribution in [1.29, 1.82) is 0 Å². The Morgan fingerprint density at radius 1 is 1.59 bits per heavy atom. The fraction of sp³-hybridized carbons (Fsp3) is 0.273. The van der Waals surface area contributed by atoms with Crippen LogP contribution in [0.3, 0.4) is 0 Å². The number of hydrogen-bond acceptors (Lipinski definition) is 6. The van der Waals surface area contributed by atoms with E-state index < -0.39 is 0 Å². The van der Waals surface area contributed by atoms with Gasteiger partial charge in [-0.2, -0.15) is 4.98 Å². The summed E-state index contributed by atoms with van der Waals surface area (Å²) in [6.45, 7) is 2.13. The van der Waals surface area contributed by atoms with Gasteiger partial charge in [0, 0.05) is 11.8 Å². The molecule has 0 saturated carbocycles. The monoisotopic (exact) mass is 235 g/mol. The first-order valence-electron chi connectivity index (χ1n) is 5.24. The first kappa shape index (κ1) is 11.3. The number of aromatic nitrogens is 1. The highest BCUT2D eigenvalue weighted by atomic mass is 16.5. The summed E-state index contributed by atoms with van der Waals surface area (Å²) < 4.78 is 10.1. The summed E-state index contributed by atoms with van der Waals surface area (Å²) in [6.07, 6.45) is 0. The number of fused-ring (bicyclic) bond motifs is 1. The predicted molar refractivity (Wildman–Crippen MR) is 63.5 cm³/mol. The van der Waals surface area contributed by atoms with Gasteiger partial charge in [0.05, 0.1) is 6.61 Å². The van der Waals surface area contributed by atoms with E-state index in [0.717, 1.165) is 0 Å². The molecule has 2 aromatic rings. The average Bonchev–Trinajstić information content (AvgIpc) is 2.68. The summed E-state index contributed by atoms with van der Waals surface area (Å²) in [5.74, 6) is -0.353. The minimum Gasteiger partial charge on any atom is -0.465 e. The Bertz CT molecular complexity index is 536. The molecule has 90 valence electrons. The highest BCUT2D eigenvalue weighted by Crippen LogP contribution is 2.20. The maximum Gasteiger partial charge on any atom is 0.325 e. The average molecular weight is 235 g/mol. The number of nitrogens with zero attached hydrogens (tertiary/aromatic N) is 1. The molecule has 0 spiro atoms. The minimum absolute atomic E-state index is 0.0240. The van der Waals surface area contributed by atoms with Gasteiger partial charge in [-0.05, 0) is 19.1 Å². The van der Waals surface area contributed by atoms with Crippen molar-refractivity contribution in [2.45, 2.75) is 6.92 Å². The van der Waals surface area contributed by atoms with Crippen LogP contribution in [0.15, 0.2) is 22.6 Å². The minimum atomic E-state index is -0.353. The lowest BCUT2D eigenvalue weighted by atomic mass is 10.3. The number of oxazole rings is 1. The van der Waals surface area contributed by atoms with Gasteiger partial charge >= 0.3 is 5.97 Å². The largest absolute Gasteiger partial charge is 0.465 e. The van der Waals surface area contributed by atoms with Crippen LogP contribution < -0.4 is 11.1 Å². The Morgan fingerprint density at radius 2 is 2.41 bits per heavy atom. The molecule has 1 aromatic heterocycles. The summed E-state index contributed by atoms with van der Waals surface area (Å²) >= 11 is 0. The van der Waals surface area contributed by atoms with E-state index in [2.05, 4.69) is 10.3 Å². The third-order valence-electron chi connectivity index (χ3n) is 2.10. The number of esters is 1. The number of ether oxygens (including phenoxy) is 1. The van der Waals surface area contributed by atoms with Gasteiger partial charge in [0.25, 0.3) is 6.01 Å². The van der Waals surface area contributed by atoms with Crippen LogP contribution in [0.1, 0.15) is 6.92 Å². The molecule has 1 aromatic carbocycles. The fourth-order valence-corrected chi connectivity index (χ4v) is 1.38. The standard InChI is InChI=1S/C11H13N3O3/c1-2-16-10(15)6-13-11-14-8-4-3-7(12)5-9(8)17-11/h3-5H,2,6,12H2,1H3,(H,13,14). The lowest BCUT2D eigenvalue weighted by Gasteiger charge is -2.00. The van der Waals surface area contributed by atoms with Crippen LogP contribution in [0.4, 0.5) is 11.7 Å². The molecule has 1 heterocycles. The second-order valence-electron chi connectivity index (χ2n) is 3.40. The van der Waals surface area contributed by atoms with Crippen molar-refractivity contribution < 1.29 is 13.9 Å². The van der Waals surface area contributed by atoms with Gasteiger partial charge in [-0.15, -0.1) is 0 Å². The number of carbonyl (C=O) groups is 1. The Hall–Kier alpha value is -2.24. The van der Waals surface area contributed by atoms with Crippen LogP contribution in [0.5, 0.6) is 0 Å². The molecule has 0 aliphatic carbocycles. The lowest BCUT2D eigenvalue weighted by molar-refractivity contribution is -0.140. The number of carbonyl (C=O) groups excluding carboxylic acids is 1. The van der Waals surface area contributed by atoms with Crippen molar-refractivity contribution in [2.75, 3.05) is 24.2 Å². The molecule has 0 aliphatic heterocycles. The molecule has 0 bridgehead atoms. The number of hydrogen-bond donors (Lipinski definition) is 2. The lowest BCUT2D eigenvalue weighted by Crippen LogP contribution is -2.16. The number of nitrogens with one attached hydrogen (secondary N) is 1. The Kier molecular flexibility index (Phi) is 3.13. The maximum absolute atomic E-state index is 11.1. The fourth-order valence-electron chi connectivity index (χ4n) is 1.38. The summed E-state index contributed by atoms with van der Waals surface area (Å²) in [5, 5.41) is 2.74. The van der Waals surface area contributed by atoms with Gasteiger partial charge in [-0.1, -0.05) is 0 Å². The van der Waals surface area contributed by atoms with Gasteiger partial charge in [-0.3, -0.25) is 4.79 Å². The highest BCUT2D eigenvalue weighted by Gasteiger charge is 2.07. The first-order chi connectivity index (χ1) is 8.19. The first-order valence-corrected chi connectivity index (χ1v) is 5.24. The molecule has 3 N–H and O–H groups in total. The van der Waals surface area contributed by atoms with Gasteiger partial charge in [-0.25, -0.2) is 0 Å². The zero-order valence-corrected chi connectivity index (χ0v) is 9.40. The van der Waals surface area contributed by atoms with Crippen molar-refractivity contribution in [3.05, 3.63) is 18.2 Å². The summed E-state index contributed by atoms with van der Waals surface area (Å²) in [6, 6.07) is 5.44. The molecule has 0 amide bonds. The molecule has 17 heavy (non-hydrogen) atoms. The van der Waals surface area contributed by atoms with Crippen molar-refractivity contribution in [3.63, 3.8) is 0 Å². The van der Waals surface area contributed by atoms with Gasteiger partial charge < -0.3 is 20.2 Å². The normalized spacial score (nSPS) is 10.4. The maximum atomic E-state index is 11.1. The molecular weight excluding hydrogens is 222 g/mol. The van der Waals surface area contributed by atoms with Crippen LogP contribution in [-0.4, -0.2) is 24.1 Å². The number of anilines is 2. The van der Waals surface area contributed by atoms with Gasteiger partial charge in [0.2, 0.25) is 0 Å².